The number of rotatable bonds is 68. The van der Waals surface area contributed by atoms with Gasteiger partial charge in [0.25, 0.3) is 0 Å². The third kappa shape index (κ3) is 46.1. The van der Waals surface area contributed by atoms with Gasteiger partial charge in [0.15, 0.2) is 12.6 Å². The van der Waals surface area contributed by atoms with E-state index in [0.29, 0.717) is 0 Å². The number of aliphatic hydroxyl groups is 8. The molecule has 2 aliphatic heterocycles. The molecule has 1 amide bonds. The van der Waals surface area contributed by atoms with E-state index in [1.54, 1.807) is 6.08 Å². The predicted octanol–water partition coefficient (Wildman–Crippen LogP) is 17.7. The molecule has 12 atom stereocenters. The molecule has 92 heavy (non-hydrogen) atoms. The summed E-state index contributed by atoms with van der Waals surface area (Å²) < 4.78 is 22.9. The van der Waals surface area contributed by atoms with Crippen LogP contribution >= 0.6 is 0 Å². The predicted molar refractivity (Wildman–Crippen MR) is 379 cm³/mol. The average Bonchev–Trinajstić information content (AvgIpc) is 0.863. The van der Waals surface area contributed by atoms with E-state index in [4.69, 9.17) is 18.9 Å². The highest BCUT2D eigenvalue weighted by atomic mass is 16.7. The number of allylic oxidation sites excluding steroid dienone is 1. The minimum Gasteiger partial charge on any atom is -0.394 e. The van der Waals surface area contributed by atoms with E-state index in [-0.39, 0.29) is 18.9 Å². The van der Waals surface area contributed by atoms with Gasteiger partial charge in [-0.05, 0) is 19.3 Å². The summed E-state index contributed by atoms with van der Waals surface area (Å²) in [5, 5.41) is 87.6. The summed E-state index contributed by atoms with van der Waals surface area (Å²) >= 11 is 0. The molecule has 0 aromatic heterocycles. The molecule has 14 heteroatoms. The fourth-order valence-corrected chi connectivity index (χ4v) is 13.7. The first-order valence-electron chi connectivity index (χ1n) is 39.9. The van der Waals surface area contributed by atoms with Crippen molar-refractivity contribution in [2.24, 2.45) is 0 Å². The second kappa shape index (κ2) is 63.2. The van der Waals surface area contributed by atoms with Crippen LogP contribution in [-0.4, -0.2) is 140 Å². The lowest BCUT2D eigenvalue weighted by Crippen LogP contribution is -2.65. The van der Waals surface area contributed by atoms with Crippen molar-refractivity contribution in [3.8, 4) is 0 Å². The van der Waals surface area contributed by atoms with Crippen LogP contribution in [0.3, 0.4) is 0 Å². The minimum absolute atomic E-state index is 0.229. The second-order valence-corrected chi connectivity index (χ2v) is 28.6. The van der Waals surface area contributed by atoms with E-state index >= 15 is 0 Å². The number of hydrogen-bond donors (Lipinski definition) is 9. The van der Waals surface area contributed by atoms with Gasteiger partial charge in [0.05, 0.1) is 32.0 Å². The maximum Gasteiger partial charge on any atom is 0.220 e. The number of nitrogens with one attached hydrogen (secondary N) is 1. The number of ether oxygens (including phenoxy) is 4. The van der Waals surface area contributed by atoms with Gasteiger partial charge in [0, 0.05) is 6.42 Å². The van der Waals surface area contributed by atoms with Crippen LogP contribution in [0.5, 0.6) is 0 Å². The summed E-state index contributed by atoms with van der Waals surface area (Å²) in [6.07, 6.45) is 63.0. The van der Waals surface area contributed by atoms with Crippen molar-refractivity contribution in [3.05, 3.63) is 12.2 Å². The molecule has 2 aliphatic rings. The molecule has 12 unspecified atom stereocenters. The van der Waals surface area contributed by atoms with E-state index in [2.05, 4.69) is 19.2 Å². The van der Waals surface area contributed by atoms with Crippen molar-refractivity contribution in [3.63, 3.8) is 0 Å². The highest BCUT2D eigenvalue weighted by molar-refractivity contribution is 5.76. The van der Waals surface area contributed by atoms with Gasteiger partial charge < -0.3 is 65.1 Å². The molecule has 2 saturated heterocycles. The van der Waals surface area contributed by atoms with Gasteiger partial charge in [-0.2, -0.15) is 0 Å². The second-order valence-electron chi connectivity index (χ2n) is 28.6. The van der Waals surface area contributed by atoms with Gasteiger partial charge in [-0.1, -0.05) is 373 Å². The van der Waals surface area contributed by atoms with E-state index in [0.717, 1.165) is 44.9 Å². The van der Waals surface area contributed by atoms with Crippen molar-refractivity contribution >= 4 is 5.91 Å². The molecule has 2 fully saturated rings. The Labute approximate surface area is 565 Å². The van der Waals surface area contributed by atoms with Crippen molar-refractivity contribution in [2.45, 2.75) is 460 Å². The van der Waals surface area contributed by atoms with E-state index in [9.17, 15) is 45.6 Å². The maximum atomic E-state index is 13.4. The zero-order chi connectivity index (χ0) is 66.6. The van der Waals surface area contributed by atoms with Gasteiger partial charge in [-0.3, -0.25) is 4.79 Å². The molecule has 546 valence electrons. The van der Waals surface area contributed by atoms with E-state index in [1.165, 1.54) is 321 Å². The van der Waals surface area contributed by atoms with E-state index in [1.807, 2.05) is 6.08 Å². The Hall–Kier alpha value is -1.27. The van der Waals surface area contributed by atoms with Crippen LogP contribution in [0.4, 0.5) is 0 Å². The summed E-state index contributed by atoms with van der Waals surface area (Å²) in [6, 6.07) is -0.912. The summed E-state index contributed by atoms with van der Waals surface area (Å²) in [4.78, 5) is 13.4. The fraction of sp³-hybridized carbons (Fsp3) is 0.962. The number of amides is 1. The maximum absolute atomic E-state index is 13.4. The standard InChI is InChI=1S/C78H151NO13/c1-3-5-7-9-11-13-15-17-19-21-23-25-27-28-29-30-31-32-33-34-35-36-37-38-40-42-44-46-48-50-52-54-56-58-60-62-70(83)79-66(65-89-77-75(88)73(86)76(69(64-81)91-77)92-78-74(87)72(85)71(84)68(63-80)90-78)67(82)61-59-57-55-53-51-49-47-45-43-41-39-26-24-22-20-18-16-14-12-10-8-6-4-2/h59,61,66-69,71-78,80-82,84-88H,3-58,60,62-65H2,1-2H3,(H,79,83)/b61-59+. The Kier molecular flexibility index (Phi) is 59.6. The Morgan fingerprint density at radius 1 is 0.380 bits per heavy atom. The van der Waals surface area contributed by atoms with Crippen LogP contribution in [0.1, 0.15) is 386 Å². The van der Waals surface area contributed by atoms with Gasteiger partial charge >= 0.3 is 0 Å². The van der Waals surface area contributed by atoms with E-state index < -0.39 is 86.8 Å². The molecule has 0 aliphatic carbocycles. The van der Waals surface area contributed by atoms with Crippen molar-refractivity contribution < 1.29 is 64.6 Å². The Morgan fingerprint density at radius 2 is 0.674 bits per heavy atom. The first-order chi connectivity index (χ1) is 45.1. The van der Waals surface area contributed by atoms with Gasteiger partial charge in [-0.15, -0.1) is 0 Å². The molecule has 0 saturated carbocycles. The number of hydrogen-bond acceptors (Lipinski definition) is 13. The number of carbonyl (C=O) groups excluding carboxylic acids is 1. The highest BCUT2D eigenvalue weighted by Gasteiger charge is 2.51. The van der Waals surface area contributed by atoms with Gasteiger partial charge in [-0.25, -0.2) is 0 Å². The van der Waals surface area contributed by atoms with Crippen LogP contribution in [0.15, 0.2) is 12.2 Å². The molecule has 9 N–H and O–H groups in total. The SMILES string of the molecule is CCCCCCCCCCCCCCCCCCCCCCC/C=C/C(O)C(COC1OC(CO)C(OC2OC(CO)C(O)C(O)C2O)C(O)C1O)NC(=O)CCCCCCCCCCCCCCCCCCCCCCCCCCCCCCCCCCCCC. The molecule has 0 aromatic carbocycles. The molecule has 2 rings (SSSR count). The monoisotopic (exact) mass is 1310 g/mol. The fourth-order valence-electron chi connectivity index (χ4n) is 13.7. The highest BCUT2D eigenvalue weighted by Crippen LogP contribution is 2.30. The quantitative estimate of drug-likeness (QED) is 0.0204. The molecule has 2 heterocycles. The Balaban J connectivity index is 1.59. The van der Waals surface area contributed by atoms with Crippen LogP contribution in [0.2, 0.25) is 0 Å². The van der Waals surface area contributed by atoms with Crippen LogP contribution in [-0.2, 0) is 23.7 Å². The first-order valence-corrected chi connectivity index (χ1v) is 39.9. The number of unbranched alkanes of at least 4 members (excludes halogenated alkanes) is 55. The summed E-state index contributed by atoms with van der Waals surface area (Å²) in [7, 11) is 0. The summed E-state index contributed by atoms with van der Waals surface area (Å²) in [5.74, 6) is -0.229. The van der Waals surface area contributed by atoms with Crippen LogP contribution < -0.4 is 5.32 Å². The lowest BCUT2D eigenvalue weighted by Gasteiger charge is -2.46. The molecular formula is C78H151NO13. The topological polar surface area (TPSA) is 228 Å². The van der Waals surface area contributed by atoms with Crippen LogP contribution in [0, 0.1) is 0 Å². The normalized spacial score (nSPS) is 22.6. The summed E-state index contributed by atoms with van der Waals surface area (Å²) in [5.41, 5.74) is 0. The van der Waals surface area contributed by atoms with Crippen LogP contribution in [0.25, 0.3) is 0 Å². The molecule has 0 aromatic rings. The summed E-state index contributed by atoms with van der Waals surface area (Å²) in [6.45, 7) is 2.88. The molecule has 0 radical (unpaired) electrons. The van der Waals surface area contributed by atoms with Gasteiger partial charge in [0.2, 0.25) is 5.91 Å². The third-order valence-electron chi connectivity index (χ3n) is 20.0. The molecule has 0 spiro atoms. The Bertz CT molecular complexity index is 1590. The minimum atomic E-state index is -1.79. The zero-order valence-electron chi connectivity index (χ0n) is 59.8. The van der Waals surface area contributed by atoms with Crippen molar-refractivity contribution in [1.82, 2.24) is 5.32 Å². The smallest absolute Gasteiger partial charge is 0.220 e. The molecule has 14 nitrogen and oxygen atoms in total. The molecule has 0 bridgehead atoms. The van der Waals surface area contributed by atoms with Gasteiger partial charge in [0.1, 0.15) is 48.8 Å². The third-order valence-corrected chi connectivity index (χ3v) is 20.0. The van der Waals surface area contributed by atoms with Crippen molar-refractivity contribution in [1.29, 1.82) is 0 Å². The number of carbonyl (C=O) groups is 1. The van der Waals surface area contributed by atoms with Crippen molar-refractivity contribution in [2.75, 3.05) is 19.8 Å². The zero-order valence-corrected chi connectivity index (χ0v) is 59.8. The molecular weight excluding hydrogens is 1160 g/mol. The lowest BCUT2D eigenvalue weighted by atomic mass is 9.97. The largest absolute Gasteiger partial charge is 0.394 e. The Morgan fingerprint density at radius 3 is 1.00 bits per heavy atom. The average molecular weight is 1310 g/mol. The number of aliphatic hydroxyl groups excluding tert-OH is 8. The lowest BCUT2D eigenvalue weighted by molar-refractivity contribution is -0.359. The first kappa shape index (κ1) is 86.8.